The molecule has 1 aromatic rings. The van der Waals surface area contributed by atoms with Crippen LogP contribution >= 0.6 is 0 Å². The minimum atomic E-state index is -0.0192. The maximum atomic E-state index is 11.9. The number of carbonyl (C=O) groups excluding carboxylic acids is 1. The summed E-state index contributed by atoms with van der Waals surface area (Å²) in [5, 5.41) is 6.19. The molecule has 0 aliphatic carbocycles. The topological polar surface area (TPSA) is 54.0 Å². The van der Waals surface area contributed by atoms with Crippen LogP contribution in [-0.4, -0.2) is 24.0 Å². The van der Waals surface area contributed by atoms with Gasteiger partial charge in [-0.05, 0) is 32.0 Å². The fourth-order valence-electron chi connectivity index (χ4n) is 1.92. The highest BCUT2D eigenvalue weighted by atomic mass is 16.2. The second-order valence-electron chi connectivity index (χ2n) is 4.17. The third-order valence-corrected chi connectivity index (χ3v) is 2.92. The van der Waals surface area contributed by atoms with Gasteiger partial charge in [-0.15, -0.1) is 0 Å². The third kappa shape index (κ3) is 2.58. The van der Waals surface area contributed by atoms with E-state index in [2.05, 4.69) is 15.6 Å². The molecule has 1 aliphatic rings. The molecular formula is C12H17N3O. The first-order chi connectivity index (χ1) is 7.77. The van der Waals surface area contributed by atoms with Crippen LogP contribution in [-0.2, 0) is 4.79 Å². The molecule has 0 spiro atoms. The Morgan fingerprint density at radius 3 is 3.12 bits per heavy atom. The summed E-state index contributed by atoms with van der Waals surface area (Å²) in [6, 6.07) is 5.72. The zero-order chi connectivity index (χ0) is 11.4. The zero-order valence-corrected chi connectivity index (χ0v) is 9.44. The van der Waals surface area contributed by atoms with Crippen LogP contribution in [0.2, 0.25) is 0 Å². The van der Waals surface area contributed by atoms with E-state index < -0.39 is 0 Å². The van der Waals surface area contributed by atoms with Crippen molar-refractivity contribution in [3.63, 3.8) is 0 Å². The summed E-state index contributed by atoms with van der Waals surface area (Å²) in [5.41, 5.74) is 0.904. The van der Waals surface area contributed by atoms with Gasteiger partial charge in [0.25, 0.3) is 0 Å². The molecule has 0 radical (unpaired) electrons. The van der Waals surface area contributed by atoms with Crippen molar-refractivity contribution in [2.24, 2.45) is 5.92 Å². The van der Waals surface area contributed by atoms with E-state index in [1.54, 1.807) is 6.20 Å². The van der Waals surface area contributed by atoms with Gasteiger partial charge < -0.3 is 10.6 Å². The highest BCUT2D eigenvalue weighted by molar-refractivity contribution is 5.79. The molecule has 16 heavy (non-hydrogen) atoms. The second-order valence-corrected chi connectivity index (χ2v) is 4.17. The number of nitrogens with one attached hydrogen (secondary N) is 2. The minimum Gasteiger partial charge on any atom is -0.348 e. The molecule has 0 aromatic carbocycles. The lowest BCUT2D eigenvalue weighted by molar-refractivity contribution is -0.125. The normalized spacial score (nSPS) is 21.7. The predicted octanol–water partition coefficient (Wildman–Crippen LogP) is 0.868. The number of pyridine rings is 1. The molecule has 4 heteroatoms. The van der Waals surface area contributed by atoms with E-state index in [-0.39, 0.29) is 17.9 Å². The average Bonchev–Trinajstić information content (AvgIpc) is 2.83. The molecule has 4 nitrogen and oxygen atoms in total. The van der Waals surface area contributed by atoms with Crippen molar-refractivity contribution in [1.82, 2.24) is 15.6 Å². The van der Waals surface area contributed by atoms with Crippen LogP contribution < -0.4 is 10.6 Å². The fourth-order valence-corrected chi connectivity index (χ4v) is 1.92. The molecule has 0 saturated carbocycles. The number of hydrogen-bond acceptors (Lipinski definition) is 3. The second kappa shape index (κ2) is 5.07. The van der Waals surface area contributed by atoms with E-state index in [1.165, 1.54) is 0 Å². The van der Waals surface area contributed by atoms with Gasteiger partial charge in [0.15, 0.2) is 0 Å². The first kappa shape index (κ1) is 11.1. The molecule has 1 amide bonds. The zero-order valence-electron chi connectivity index (χ0n) is 9.44. The Kier molecular flexibility index (Phi) is 3.51. The molecule has 2 heterocycles. The number of aromatic nitrogens is 1. The van der Waals surface area contributed by atoms with Crippen molar-refractivity contribution in [1.29, 1.82) is 0 Å². The van der Waals surface area contributed by atoms with Gasteiger partial charge in [0.2, 0.25) is 5.91 Å². The quantitative estimate of drug-likeness (QED) is 0.793. The summed E-state index contributed by atoms with van der Waals surface area (Å²) in [4.78, 5) is 16.1. The van der Waals surface area contributed by atoms with Crippen molar-refractivity contribution in [3.8, 4) is 0 Å². The Morgan fingerprint density at radius 2 is 2.50 bits per heavy atom. The SMILES string of the molecule is C[C@@H](NC(=O)C1CCNC1)c1ccccn1. The third-order valence-electron chi connectivity index (χ3n) is 2.92. The van der Waals surface area contributed by atoms with E-state index in [9.17, 15) is 4.79 Å². The van der Waals surface area contributed by atoms with E-state index >= 15 is 0 Å². The molecule has 86 valence electrons. The predicted molar refractivity (Wildman–Crippen MR) is 61.8 cm³/mol. The van der Waals surface area contributed by atoms with Crippen molar-refractivity contribution < 1.29 is 4.79 Å². The Hall–Kier alpha value is -1.42. The van der Waals surface area contributed by atoms with Crippen molar-refractivity contribution >= 4 is 5.91 Å². The van der Waals surface area contributed by atoms with Gasteiger partial charge in [-0.25, -0.2) is 0 Å². The van der Waals surface area contributed by atoms with E-state index in [0.717, 1.165) is 25.2 Å². The van der Waals surface area contributed by atoms with Crippen LogP contribution in [0.25, 0.3) is 0 Å². The van der Waals surface area contributed by atoms with Gasteiger partial charge in [0.1, 0.15) is 0 Å². The Labute approximate surface area is 95.5 Å². The van der Waals surface area contributed by atoms with Gasteiger partial charge in [-0.3, -0.25) is 9.78 Å². The molecule has 1 unspecified atom stereocenters. The van der Waals surface area contributed by atoms with Crippen molar-refractivity contribution in [2.45, 2.75) is 19.4 Å². The maximum Gasteiger partial charge on any atom is 0.224 e. The molecule has 2 atom stereocenters. The number of rotatable bonds is 3. The summed E-state index contributed by atoms with van der Waals surface area (Å²) < 4.78 is 0. The summed E-state index contributed by atoms with van der Waals surface area (Å²) in [6.07, 6.45) is 2.68. The van der Waals surface area contributed by atoms with Crippen LogP contribution in [0, 0.1) is 5.92 Å². The highest BCUT2D eigenvalue weighted by Crippen LogP contribution is 2.12. The molecule has 2 N–H and O–H groups in total. The fraction of sp³-hybridized carbons (Fsp3) is 0.500. The first-order valence-electron chi connectivity index (χ1n) is 5.69. The van der Waals surface area contributed by atoms with Gasteiger partial charge >= 0.3 is 0 Å². The largest absolute Gasteiger partial charge is 0.348 e. The van der Waals surface area contributed by atoms with Gasteiger partial charge in [-0.2, -0.15) is 0 Å². The Balaban J connectivity index is 1.92. The summed E-state index contributed by atoms with van der Waals surface area (Å²) in [7, 11) is 0. The average molecular weight is 219 g/mol. The summed E-state index contributed by atoms with van der Waals surface area (Å²) in [5.74, 6) is 0.245. The van der Waals surface area contributed by atoms with E-state index in [1.807, 2.05) is 25.1 Å². The standard InChI is InChI=1S/C12H17N3O/c1-9(11-4-2-3-6-14-11)15-12(16)10-5-7-13-8-10/h2-4,6,9-10,13H,5,7-8H2,1H3,(H,15,16)/t9-,10?/m1/s1. The number of amides is 1. The summed E-state index contributed by atoms with van der Waals surface area (Å²) in [6.45, 7) is 3.69. The smallest absolute Gasteiger partial charge is 0.224 e. The monoisotopic (exact) mass is 219 g/mol. The van der Waals surface area contributed by atoms with E-state index in [4.69, 9.17) is 0 Å². The molecule has 2 rings (SSSR count). The maximum absolute atomic E-state index is 11.9. The number of carbonyl (C=O) groups is 1. The van der Waals surface area contributed by atoms with Gasteiger partial charge in [0, 0.05) is 12.7 Å². The molecule has 1 aromatic heterocycles. The Morgan fingerprint density at radius 1 is 1.62 bits per heavy atom. The van der Waals surface area contributed by atoms with E-state index in [0.29, 0.717) is 0 Å². The first-order valence-corrected chi connectivity index (χ1v) is 5.69. The highest BCUT2D eigenvalue weighted by Gasteiger charge is 2.23. The van der Waals surface area contributed by atoms with Crippen LogP contribution in [0.4, 0.5) is 0 Å². The van der Waals surface area contributed by atoms with Crippen molar-refractivity contribution in [3.05, 3.63) is 30.1 Å². The number of hydrogen-bond donors (Lipinski definition) is 2. The lowest BCUT2D eigenvalue weighted by atomic mass is 10.1. The molecular weight excluding hydrogens is 202 g/mol. The Bertz CT molecular complexity index is 347. The lowest BCUT2D eigenvalue weighted by Crippen LogP contribution is -2.34. The van der Waals surface area contributed by atoms with Gasteiger partial charge in [-0.1, -0.05) is 6.07 Å². The number of nitrogens with zero attached hydrogens (tertiary/aromatic N) is 1. The molecule has 1 fully saturated rings. The lowest BCUT2D eigenvalue weighted by Gasteiger charge is -2.16. The minimum absolute atomic E-state index is 0.0192. The molecule has 1 saturated heterocycles. The van der Waals surface area contributed by atoms with Crippen molar-refractivity contribution in [2.75, 3.05) is 13.1 Å². The molecule has 0 bridgehead atoms. The van der Waals surface area contributed by atoms with Gasteiger partial charge in [0.05, 0.1) is 17.7 Å². The van der Waals surface area contributed by atoms with Crippen LogP contribution in [0.3, 0.4) is 0 Å². The van der Waals surface area contributed by atoms with Crippen LogP contribution in [0.15, 0.2) is 24.4 Å². The van der Waals surface area contributed by atoms with Crippen LogP contribution in [0.5, 0.6) is 0 Å². The summed E-state index contributed by atoms with van der Waals surface area (Å²) >= 11 is 0. The van der Waals surface area contributed by atoms with Crippen LogP contribution in [0.1, 0.15) is 25.1 Å². The molecule has 1 aliphatic heterocycles.